The summed E-state index contributed by atoms with van der Waals surface area (Å²) in [4.78, 5) is 17.5. The van der Waals surface area contributed by atoms with Crippen LogP contribution in [0.2, 0.25) is 0 Å². The molecule has 0 fully saturated rings. The average molecular weight is 319 g/mol. The highest BCUT2D eigenvalue weighted by atomic mass is 32.1. The van der Waals surface area contributed by atoms with E-state index in [0.717, 1.165) is 16.2 Å². The Hall–Kier alpha value is -2.54. The Morgan fingerprint density at radius 3 is 2.86 bits per heavy atom. The van der Waals surface area contributed by atoms with Gasteiger partial charge in [0.1, 0.15) is 5.75 Å². The van der Waals surface area contributed by atoms with Gasteiger partial charge in [-0.3, -0.25) is 4.79 Å². The van der Waals surface area contributed by atoms with Gasteiger partial charge in [-0.15, -0.1) is 11.3 Å². The van der Waals surface area contributed by atoms with Crippen LogP contribution in [-0.2, 0) is 16.2 Å². The molecule has 6 nitrogen and oxygen atoms in total. The van der Waals surface area contributed by atoms with Gasteiger partial charge in [-0.1, -0.05) is 29.4 Å². The van der Waals surface area contributed by atoms with Crippen molar-refractivity contribution in [2.24, 2.45) is 10.9 Å². The normalized spacial score (nSPS) is 11.0. The van der Waals surface area contributed by atoms with Gasteiger partial charge in [0.15, 0.2) is 12.4 Å². The molecule has 22 heavy (non-hydrogen) atoms. The Bertz CT molecular complexity index is 641. The molecule has 0 spiro atoms. The highest BCUT2D eigenvalue weighted by molar-refractivity contribution is 7.12. The smallest absolute Gasteiger partial charge is 0.261 e. The third kappa shape index (κ3) is 4.49. The maximum Gasteiger partial charge on any atom is 0.261 e. The fourth-order valence-corrected chi connectivity index (χ4v) is 2.34. The molecule has 116 valence electrons. The van der Waals surface area contributed by atoms with E-state index < -0.39 is 0 Å². The molecule has 0 atom stereocenters. The minimum absolute atomic E-state index is 0.193. The van der Waals surface area contributed by atoms with Crippen molar-refractivity contribution in [3.8, 4) is 5.75 Å². The van der Waals surface area contributed by atoms with Gasteiger partial charge in [-0.25, -0.2) is 0 Å². The van der Waals surface area contributed by atoms with Gasteiger partial charge in [-0.05, 0) is 17.5 Å². The molecule has 1 aromatic heterocycles. The third-order valence-electron chi connectivity index (χ3n) is 2.80. The SMILES string of the molecule is COc1ccccc1CNC(=O)CO/N=C(/N)c1cccs1. The van der Waals surface area contributed by atoms with Crippen molar-refractivity contribution in [2.75, 3.05) is 13.7 Å². The van der Waals surface area contributed by atoms with Gasteiger partial charge in [0.2, 0.25) is 0 Å². The number of para-hydroxylation sites is 1. The number of carbonyl (C=O) groups excluding carboxylic acids is 1. The van der Waals surface area contributed by atoms with Gasteiger partial charge in [0.05, 0.1) is 12.0 Å². The van der Waals surface area contributed by atoms with E-state index in [2.05, 4.69) is 10.5 Å². The lowest BCUT2D eigenvalue weighted by atomic mass is 10.2. The number of amidine groups is 1. The van der Waals surface area contributed by atoms with E-state index >= 15 is 0 Å². The number of methoxy groups -OCH3 is 1. The van der Waals surface area contributed by atoms with Gasteiger partial charge >= 0.3 is 0 Å². The molecule has 0 aliphatic rings. The predicted molar refractivity (Wildman–Crippen MR) is 85.8 cm³/mol. The van der Waals surface area contributed by atoms with Crippen molar-refractivity contribution < 1.29 is 14.4 Å². The zero-order valence-electron chi connectivity index (χ0n) is 12.1. The number of oxime groups is 1. The van der Waals surface area contributed by atoms with E-state index in [1.165, 1.54) is 11.3 Å². The molecule has 7 heteroatoms. The first-order chi connectivity index (χ1) is 10.7. The summed E-state index contributed by atoms with van der Waals surface area (Å²) in [5.74, 6) is 0.699. The van der Waals surface area contributed by atoms with Crippen LogP contribution in [-0.4, -0.2) is 25.5 Å². The molecule has 0 radical (unpaired) electrons. The molecule has 0 saturated heterocycles. The second-order valence-electron chi connectivity index (χ2n) is 4.32. The van der Waals surface area contributed by atoms with Crippen molar-refractivity contribution in [3.05, 3.63) is 52.2 Å². The largest absolute Gasteiger partial charge is 0.496 e. The molecule has 0 unspecified atom stereocenters. The molecule has 1 heterocycles. The number of hydrogen-bond donors (Lipinski definition) is 2. The average Bonchev–Trinajstić information content (AvgIpc) is 3.07. The fourth-order valence-electron chi connectivity index (χ4n) is 1.72. The number of amides is 1. The van der Waals surface area contributed by atoms with Gasteiger partial charge in [0, 0.05) is 12.1 Å². The number of nitrogens with zero attached hydrogens (tertiary/aromatic N) is 1. The number of nitrogens with one attached hydrogen (secondary N) is 1. The lowest BCUT2D eigenvalue weighted by Crippen LogP contribution is -2.27. The van der Waals surface area contributed by atoms with E-state index in [9.17, 15) is 4.79 Å². The molecule has 2 rings (SSSR count). The first-order valence-corrected chi connectivity index (χ1v) is 7.46. The van der Waals surface area contributed by atoms with Gasteiger partial charge in [-0.2, -0.15) is 0 Å². The predicted octanol–water partition coefficient (Wildman–Crippen LogP) is 1.71. The maximum absolute atomic E-state index is 11.7. The van der Waals surface area contributed by atoms with Crippen LogP contribution in [0.4, 0.5) is 0 Å². The van der Waals surface area contributed by atoms with Crippen molar-refractivity contribution >= 4 is 23.1 Å². The van der Waals surface area contributed by atoms with Gasteiger partial charge < -0.3 is 20.6 Å². The topological polar surface area (TPSA) is 85.9 Å². The molecule has 0 saturated carbocycles. The van der Waals surface area contributed by atoms with Crippen LogP contribution in [0.1, 0.15) is 10.4 Å². The molecule has 0 aliphatic heterocycles. The van der Waals surface area contributed by atoms with Gasteiger partial charge in [0.25, 0.3) is 5.91 Å². The summed E-state index contributed by atoms with van der Waals surface area (Å²) in [5.41, 5.74) is 6.60. The van der Waals surface area contributed by atoms with Crippen LogP contribution >= 0.6 is 11.3 Å². The summed E-state index contributed by atoms with van der Waals surface area (Å²) in [5, 5.41) is 8.33. The molecular formula is C15H17N3O3S. The lowest BCUT2D eigenvalue weighted by Gasteiger charge is -2.09. The minimum Gasteiger partial charge on any atom is -0.496 e. The number of benzene rings is 1. The maximum atomic E-state index is 11.7. The summed E-state index contributed by atoms with van der Waals surface area (Å²) >= 11 is 1.45. The van der Waals surface area contributed by atoms with E-state index in [-0.39, 0.29) is 18.3 Å². The Labute approximate surface area is 132 Å². The monoisotopic (exact) mass is 319 g/mol. The molecular weight excluding hydrogens is 302 g/mol. The molecule has 0 aliphatic carbocycles. The summed E-state index contributed by atoms with van der Waals surface area (Å²) < 4.78 is 5.21. The number of ether oxygens (including phenoxy) is 1. The van der Waals surface area contributed by atoms with E-state index in [1.54, 1.807) is 7.11 Å². The second-order valence-corrected chi connectivity index (χ2v) is 5.26. The quantitative estimate of drug-likeness (QED) is 0.462. The highest BCUT2D eigenvalue weighted by Gasteiger charge is 2.06. The van der Waals surface area contributed by atoms with E-state index in [0.29, 0.717) is 6.54 Å². The van der Waals surface area contributed by atoms with Crippen molar-refractivity contribution in [2.45, 2.75) is 6.54 Å². The summed E-state index contributed by atoms with van der Waals surface area (Å²) in [6.07, 6.45) is 0. The Balaban J connectivity index is 1.78. The van der Waals surface area contributed by atoms with Crippen LogP contribution in [0.25, 0.3) is 0 Å². The van der Waals surface area contributed by atoms with Crippen molar-refractivity contribution in [1.29, 1.82) is 0 Å². The van der Waals surface area contributed by atoms with E-state index in [4.69, 9.17) is 15.3 Å². The van der Waals surface area contributed by atoms with E-state index in [1.807, 2.05) is 41.8 Å². The summed E-state index contributed by atoms with van der Waals surface area (Å²) in [7, 11) is 1.59. The first kappa shape index (κ1) is 15.8. The van der Waals surface area contributed by atoms with Crippen molar-refractivity contribution in [3.63, 3.8) is 0 Å². The molecule has 1 aromatic carbocycles. The number of carbonyl (C=O) groups is 1. The lowest BCUT2D eigenvalue weighted by molar-refractivity contribution is -0.125. The van der Waals surface area contributed by atoms with Crippen LogP contribution in [0.15, 0.2) is 46.9 Å². The van der Waals surface area contributed by atoms with Crippen LogP contribution < -0.4 is 15.8 Å². The fraction of sp³-hybridized carbons (Fsp3) is 0.200. The number of nitrogens with two attached hydrogens (primary N) is 1. The Kier molecular flexibility index (Phi) is 5.79. The zero-order valence-corrected chi connectivity index (χ0v) is 12.9. The summed E-state index contributed by atoms with van der Waals surface area (Å²) in [6.45, 7) is 0.164. The molecule has 3 N–H and O–H groups in total. The second kappa shape index (κ2) is 8.04. The Morgan fingerprint density at radius 2 is 2.14 bits per heavy atom. The van der Waals surface area contributed by atoms with Crippen LogP contribution in [0.3, 0.4) is 0 Å². The van der Waals surface area contributed by atoms with Crippen molar-refractivity contribution in [1.82, 2.24) is 5.32 Å². The number of rotatable bonds is 7. The molecule has 1 amide bonds. The van der Waals surface area contributed by atoms with Crippen LogP contribution in [0, 0.1) is 0 Å². The Morgan fingerprint density at radius 1 is 1.32 bits per heavy atom. The highest BCUT2D eigenvalue weighted by Crippen LogP contribution is 2.16. The number of hydrogen-bond acceptors (Lipinski definition) is 5. The first-order valence-electron chi connectivity index (χ1n) is 6.58. The zero-order chi connectivity index (χ0) is 15.8. The molecule has 0 bridgehead atoms. The number of thiophene rings is 1. The van der Waals surface area contributed by atoms with Crippen LogP contribution in [0.5, 0.6) is 5.75 Å². The minimum atomic E-state index is -0.284. The standard InChI is InChI=1S/C15H17N3O3S/c1-20-12-6-3-2-5-11(12)9-17-14(19)10-21-18-15(16)13-7-4-8-22-13/h2-8H,9-10H2,1H3,(H2,16,18)(H,17,19). The molecule has 2 aromatic rings. The third-order valence-corrected chi connectivity index (χ3v) is 3.69. The summed E-state index contributed by atoms with van der Waals surface area (Å²) in [6, 6.07) is 11.2.